The van der Waals surface area contributed by atoms with Crippen LogP contribution in [-0.2, 0) is 9.53 Å². The van der Waals surface area contributed by atoms with E-state index in [-0.39, 0.29) is 17.3 Å². The van der Waals surface area contributed by atoms with E-state index < -0.39 is 5.60 Å². The largest absolute Gasteiger partial charge is 0.361 e. The van der Waals surface area contributed by atoms with Crippen LogP contribution in [-0.4, -0.2) is 41.5 Å². The molecule has 0 aliphatic carbocycles. The van der Waals surface area contributed by atoms with Crippen molar-refractivity contribution in [2.24, 2.45) is 5.92 Å². The number of carbonyl (C=O) groups is 1. The second-order valence-electron chi connectivity index (χ2n) is 6.33. The minimum absolute atomic E-state index is 0.0310. The molecule has 1 saturated heterocycles. The molecule has 1 heterocycles. The molecule has 100 valence electrons. The van der Waals surface area contributed by atoms with E-state index >= 15 is 0 Å². The van der Waals surface area contributed by atoms with Crippen LogP contribution in [0, 0.1) is 5.92 Å². The van der Waals surface area contributed by atoms with E-state index in [4.69, 9.17) is 4.74 Å². The number of hydrogen-bond donors (Lipinski definition) is 0. The summed E-state index contributed by atoms with van der Waals surface area (Å²) in [6, 6.07) is 0.502. The Bertz CT molecular complexity index is 297. The molecular weight excluding hydrogens is 214 g/mol. The van der Waals surface area contributed by atoms with Crippen LogP contribution < -0.4 is 0 Å². The summed E-state index contributed by atoms with van der Waals surface area (Å²) in [5, 5.41) is 0. The molecule has 0 aromatic carbocycles. The molecule has 0 aromatic heterocycles. The first-order chi connectivity index (χ1) is 7.62. The third-order valence-electron chi connectivity index (χ3n) is 4.08. The Morgan fingerprint density at radius 3 is 2.24 bits per heavy atom. The fourth-order valence-electron chi connectivity index (χ4n) is 2.60. The standard InChI is InChI=1S/C14H27NO2/c1-8-10(2)15(7)9-11-12(16)14(5,6)17-13(11,3)4/h10-11H,8-9H2,1-7H3. The highest BCUT2D eigenvalue weighted by molar-refractivity contribution is 5.91. The molecular formula is C14H27NO2. The van der Waals surface area contributed by atoms with Crippen LogP contribution in [0.3, 0.4) is 0 Å². The minimum atomic E-state index is -0.634. The van der Waals surface area contributed by atoms with Gasteiger partial charge in [-0.2, -0.15) is 0 Å². The van der Waals surface area contributed by atoms with E-state index in [0.29, 0.717) is 6.04 Å². The van der Waals surface area contributed by atoms with Crippen molar-refractivity contribution in [3.8, 4) is 0 Å². The Kier molecular flexibility index (Phi) is 4.04. The predicted molar refractivity (Wildman–Crippen MR) is 70.1 cm³/mol. The lowest BCUT2D eigenvalue weighted by Gasteiger charge is -2.31. The molecule has 3 nitrogen and oxygen atoms in total. The lowest BCUT2D eigenvalue weighted by molar-refractivity contribution is -0.132. The van der Waals surface area contributed by atoms with Gasteiger partial charge in [-0.05, 0) is 48.1 Å². The summed E-state index contributed by atoms with van der Waals surface area (Å²) in [6.07, 6.45) is 1.10. The highest BCUT2D eigenvalue weighted by atomic mass is 16.5. The predicted octanol–water partition coefficient (Wildman–Crippen LogP) is 2.49. The van der Waals surface area contributed by atoms with Gasteiger partial charge in [0.05, 0.1) is 11.5 Å². The van der Waals surface area contributed by atoms with Crippen LogP contribution in [0.5, 0.6) is 0 Å². The second kappa shape index (κ2) is 4.69. The van der Waals surface area contributed by atoms with E-state index in [1.807, 2.05) is 27.7 Å². The van der Waals surface area contributed by atoms with Gasteiger partial charge in [0, 0.05) is 12.6 Å². The van der Waals surface area contributed by atoms with E-state index in [2.05, 4.69) is 25.8 Å². The van der Waals surface area contributed by atoms with Gasteiger partial charge in [0.1, 0.15) is 5.60 Å². The molecule has 0 aromatic rings. The van der Waals surface area contributed by atoms with Crippen molar-refractivity contribution >= 4 is 5.78 Å². The maximum absolute atomic E-state index is 12.3. The summed E-state index contributed by atoms with van der Waals surface area (Å²) in [5.41, 5.74) is -0.993. The maximum Gasteiger partial charge on any atom is 0.171 e. The number of hydrogen-bond acceptors (Lipinski definition) is 3. The number of ether oxygens (including phenoxy) is 1. The van der Waals surface area contributed by atoms with Gasteiger partial charge in [0.2, 0.25) is 0 Å². The van der Waals surface area contributed by atoms with Crippen molar-refractivity contribution in [1.29, 1.82) is 0 Å². The average molecular weight is 241 g/mol. The SMILES string of the molecule is CCC(C)N(C)CC1C(=O)C(C)(C)OC1(C)C. The van der Waals surface area contributed by atoms with Gasteiger partial charge in [-0.3, -0.25) is 4.79 Å². The zero-order chi connectivity index (χ0) is 13.4. The Hall–Kier alpha value is -0.410. The van der Waals surface area contributed by atoms with Gasteiger partial charge in [0.15, 0.2) is 5.78 Å². The molecule has 0 spiro atoms. The molecule has 0 bridgehead atoms. The van der Waals surface area contributed by atoms with Crippen LogP contribution in [0.15, 0.2) is 0 Å². The van der Waals surface area contributed by atoms with E-state index in [1.54, 1.807) is 0 Å². The molecule has 0 radical (unpaired) electrons. The van der Waals surface area contributed by atoms with Gasteiger partial charge in [-0.1, -0.05) is 6.92 Å². The summed E-state index contributed by atoms with van der Waals surface area (Å²) < 4.78 is 5.90. The Labute approximate surface area is 106 Å². The molecule has 3 heteroatoms. The minimum Gasteiger partial charge on any atom is -0.361 e. The third kappa shape index (κ3) is 2.89. The van der Waals surface area contributed by atoms with Crippen molar-refractivity contribution < 1.29 is 9.53 Å². The van der Waals surface area contributed by atoms with Crippen LogP contribution in [0.25, 0.3) is 0 Å². The summed E-state index contributed by atoms with van der Waals surface area (Å²) >= 11 is 0. The number of carbonyl (C=O) groups excluding carboxylic acids is 1. The molecule has 0 saturated carbocycles. The molecule has 2 atom stereocenters. The zero-order valence-electron chi connectivity index (χ0n) is 12.3. The molecule has 0 amide bonds. The lowest BCUT2D eigenvalue weighted by Crippen LogP contribution is -2.42. The van der Waals surface area contributed by atoms with Crippen molar-refractivity contribution in [1.82, 2.24) is 4.90 Å². The van der Waals surface area contributed by atoms with Crippen molar-refractivity contribution in [3.05, 3.63) is 0 Å². The van der Waals surface area contributed by atoms with E-state index in [1.165, 1.54) is 0 Å². The Morgan fingerprint density at radius 1 is 1.35 bits per heavy atom. The summed E-state index contributed by atoms with van der Waals surface area (Å²) in [5.74, 6) is 0.203. The number of rotatable bonds is 4. The van der Waals surface area contributed by atoms with E-state index in [9.17, 15) is 4.79 Å². The Balaban J connectivity index is 2.80. The van der Waals surface area contributed by atoms with Crippen LogP contribution in [0.1, 0.15) is 48.0 Å². The van der Waals surface area contributed by atoms with Crippen LogP contribution in [0.2, 0.25) is 0 Å². The number of ketones is 1. The normalized spacial score (nSPS) is 28.7. The Morgan fingerprint density at radius 2 is 1.88 bits per heavy atom. The molecule has 17 heavy (non-hydrogen) atoms. The topological polar surface area (TPSA) is 29.5 Å². The molecule has 1 fully saturated rings. The fourth-order valence-corrected chi connectivity index (χ4v) is 2.60. The maximum atomic E-state index is 12.3. The summed E-state index contributed by atoms with van der Waals surface area (Å²) in [4.78, 5) is 14.6. The van der Waals surface area contributed by atoms with Crippen molar-refractivity contribution in [3.63, 3.8) is 0 Å². The van der Waals surface area contributed by atoms with Crippen molar-refractivity contribution in [2.75, 3.05) is 13.6 Å². The van der Waals surface area contributed by atoms with Gasteiger partial charge in [-0.25, -0.2) is 0 Å². The molecule has 0 N–H and O–H groups in total. The summed E-state index contributed by atoms with van der Waals surface area (Å²) in [6.45, 7) is 12.9. The first-order valence-electron chi connectivity index (χ1n) is 6.56. The van der Waals surface area contributed by atoms with Crippen LogP contribution >= 0.6 is 0 Å². The van der Waals surface area contributed by atoms with Gasteiger partial charge in [-0.15, -0.1) is 0 Å². The third-order valence-corrected chi connectivity index (χ3v) is 4.08. The fraction of sp³-hybridized carbons (Fsp3) is 0.929. The van der Waals surface area contributed by atoms with Gasteiger partial charge >= 0.3 is 0 Å². The molecule has 1 aliphatic rings. The summed E-state index contributed by atoms with van der Waals surface area (Å²) in [7, 11) is 2.09. The van der Waals surface area contributed by atoms with Crippen LogP contribution in [0.4, 0.5) is 0 Å². The first kappa shape index (κ1) is 14.7. The highest BCUT2D eigenvalue weighted by Gasteiger charge is 2.53. The monoisotopic (exact) mass is 241 g/mol. The number of nitrogens with zero attached hydrogens (tertiary/aromatic N) is 1. The van der Waals surface area contributed by atoms with Gasteiger partial charge in [0.25, 0.3) is 0 Å². The van der Waals surface area contributed by atoms with E-state index in [0.717, 1.165) is 13.0 Å². The quantitative estimate of drug-likeness (QED) is 0.757. The molecule has 1 aliphatic heterocycles. The highest BCUT2D eigenvalue weighted by Crippen LogP contribution is 2.39. The molecule has 2 unspecified atom stereocenters. The smallest absolute Gasteiger partial charge is 0.171 e. The number of Topliss-reactive ketones (excluding diaryl/α,β-unsaturated/α-hetero) is 1. The molecule has 1 rings (SSSR count). The zero-order valence-corrected chi connectivity index (χ0v) is 12.3. The van der Waals surface area contributed by atoms with Gasteiger partial charge < -0.3 is 9.64 Å². The second-order valence-corrected chi connectivity index (χ2v) is 6.33. The van der Waals surface area contributed by atoms with Crippen molar-refractivity contribution in [2.45, 2.75) is 65.2 Å². The first-order valence-corrected chi connectivity index (χ1v) is 6.56. The lowest BCUT2D eigenvalue weighted by atomic mass is 9.85. The average Bonchev–Trinajstić information content (AvgIpc) is 2.35.